The van der Waals surface area contributed by atoms with Gasteiger partial charge in [-0.1, -0.05) is 32.4 Å². The molecule has 152 valence electrons. The molecule has 4 aliphatic rings. The summed E-state index contributed by atoms with van der Waals surface area (Å²) in [5, 5.41) is 0. The van der Waals surface area contributed by atoms with Crippen molar-refractivity contribution in [3.8, 4) is 0 Å². The van der Waals surface area contributed by atoms with Gasteiger partial charge in [0.25, 0.3) is 0 Å². The van der Waals surface area contributed by atoms with Crippen LogP contribution in [0.25, 0.3) is 0 Å². The van der Waals surface area contributed by atoms with Gasteiger partial charge < -0.3 is 4.74 Å². The monoisotopic (exact) mass is 384 g/mol. The van der Waals surface area contributed by atoms with Crippen LogP contribution in [-0.4, -0.2) is 24.1 Å². The second-order valence-electron chi connectivity index (χ2n) is 10.1. The number of ether oxygens (including phenoxy) is 1. The summed E-state index contributed by atoms with van der Waals surface area (Å²) in [6.45, 7) is 8.09. The van der Waals surface area contributed by atoms with Crippen LogP contribution in [0, 0.1) is 40.4 Å². The molecule has 0 N–H and O–H groups in total. The number of esters is 1. The Kier molecular flexibility index (Phi) is 4.67. The van der Waals surface area contributed by atoms with E-state index in [-0.39, 0.29) is 40.9 Å². The molecule has 0 aliphatic heterocycles. The number of carbonyl (C=O) groups is 3. The van der Waals surface area contributed by atoms with Crippen LogP contribution in [0.5, 0.6) is 0 Å². The summed E-state index contributed by atoms with van der Waals surface area (Å²) in [6.07, 6.45) is 11.1. The van der Waals surface area contributed by atoms with Crippen molar-refractivity contribution in [3.05, 3.63) is 23.8 Å². The first kappa shape index (κ1) is 19.6. The number of hydrogen-bond donors (Lipinski definition) is 0. The fourth-order valence-electron chi connectivity index (χ4n) is 7.51. The lowest BCUT2D eigenvalue weighted by atomic mass is 9.47. The van der Waals surface area contributed by atoms with Crippen molar-refractivity contribution in [2.75, 3.05) is 6.61 Å². The third-order valence-electron chi connectivity index (χ3n) is 8.66. The number of allylic oxidation sites excluding steroid dienone is 4. The molecule has 3 saturated carbocycles. The maximum Gasteiger partial charge on any atom is 0.303 e. The molecule has 4 nitrogen and oxygen atoms in total. The van der Waals surface area contributed by atoms with Crippen molar-refractivity contribution in [2.45, 2.75) is 59.8 Å². The molecule has 4 rings (SSSR count). The smallest absolute Gasteiger partial charge is 0.303 e. The molecule has 0 bridgehead atoms. The lowest BCUT2D eigenvalue weighted by Crippen LogP contribution is -2.50. The Balaban J connectivity index is 1.60. The highest BCUT2D eigenvalue weighted by molar-refractivity contribution is 6.01. The third kappa shape index (κ3) is 2.83. The van der Waals surface area contributed by atoms with Crippen molar-refractivity contribution >= 4 is 17.5 Å². The van der Waals surface area contributed by atoms with Gasteiger partial charge in [-0.15, -0.1) is 0 Å². The van der Waals surface area contributed by atoms with Gasteiger partial charge in [0.2, 0.25) is 0 Å². The number of rotatable bonds is 3. The van der Waals surface area contributed by atoms with Crippen LogP contribution in [0.15, 0.2) is 23.8 Å². The Hall–Kier alpha value is -1.71. The van der Waals surface area contributed by atoms with Crippen LogP contribution >= 0.6 is 0 Å². The molecule has 0 heterocycles. The predicted octanol–water partition coefficient (Wildman–Crippen LogP) is 4.29. The van der Waals surface area contributed by atoms with Gasteiger partial charge in [0.15, 0.2) is 11.6 Å². The second kappa shape index (κ2) is 6.67. The molecular formula is C24H32O4. The number of hydrogen-bond acceptors (Lipinski definition) is 4. The zero-order chi connectivity index (χ0) is 20.3. The Morgan fingerprint density at radius 1 is 1.21 bits per heavy atom. The summed E-state index contributed by atoms with van der Waals surface area (Å²) in [7, 11) is 0. The fraction of sp³-hybridized carbons (Fsp3) is 0.708. The lowest BCUT2D eigenvalue weighted by Gasteiger charge is -2.56. The predicted molar refractivity (Wildman–Crippen MR) is 106 cm³/mol. The average molecular weight is 385 g/mol. The van der Waals surface area contributed by atoms with Crippen molar-refractivity contribution in [1.29, 1.82) is 0 Å². The van der Waals surface area contributed by atoms with E-state index in [9.17, 15) is 14.4 Å². The van der Waals surface area contributed by atoms with Gasteiger partial charge in [-0.3, -0.25) is 14.4 Å². The van der Waals surface area contributed by atoms with Crippen LogP contribution in [0.4, 0.5) is 0 Å². The van der Waals surface area contributed by atoms with Gasteiger partial charge in [0.1, 0.15) is 6.61 Å². The van der Waals surface area contributed by atoms with Gasteiger partial charge >= 0.3 is 5.97 Å². The molecule has 0 aromatic rings. The first-order valence-corrected chi connectivity index (χ1v) is 10.8. The van der Waals surface area contributed by atoms with E-state index in [4.69, 9.17) is 4.74 Å². The first-order chi connectivity index (χ1) is 13.2. The minimum absolute atomic E-state index is 0.0103. The Morgan fingerprint density at radius 3 is 2.68 bits per heavy atom. The first-order valence-electron chi connectivity index (χ1n) is 10.8. The number of carbonyl (C=O) groups excluding carboxylic acids is 3. The van der Waals surface area contributed by atoms with Gasteiger partial charge in [0.05, 0.1) is 0 Å². The van der Waals surface area contributed by atoms with Crippen molar-refractivity contribution in [3.63, 3.8) is 0 Å². The highest BCUT2D eigenvalue weighted by atomic mass is 16.5. The maximum atomic E-state index is 13.0. The van der Waals surface area contributed by atoms with E-state index < -0.39 is 0 Å². The Morgan fingerprint density at radius 2 is 1.96 bits per heavy atom. The molecular weight excluding hydrogens is 352 g/mol. The van der Waals surface area contributed by atoms with Crippen LogP contribution in [0.1, 0.15) is 59.8 Å². The number of fused-ring (bicyclic) bond motifs is 5. The topological polar surface area (TPSA) is 60.4 Å². The van der Waals surface area contributed by atoms with Crippen molar-refractivity contribution in [2.24, 2.45) is 40.4 Å². The number of ketones is 2. The summed E-state index contributed by atoms with van der Waals surface area (Å²) in [4.78, 5) is 36.0. The molecule has 0 spiro atoms. The summed E-state index contributed by atoms with van der Waals surface area (Å²) in [5.41, 5.74) is 1.28. The number of Topliss-reactive ketones (excluding diaryl/α,β-unsaturated/α-hetero) is 1. The third-order valence-corrected chi connectivity index (χ3v) is 8.66. The summed E-state index contributed by atoms with van der Waals surface area (Å²) in [6, 6.07) is 0. The fourth-order valence-corrected chi connectivity index (χ4v) is 7.51. The van der Waals surface area contributed by atoms with E-state index in [1.165, 1.54) is 12.5 Å². The Labute approximate surface area is 167 Å². The van der Waals surface area contributed by atoms with E-state index >= 15 is 0 Å². The lowest BCUT2D eigenvalue weighted by molar-refractivity contribution is -0.149. The molecule has 0 radical (unpaired) electrons. The van der Waals surface area contributed by atoms with Gasteiger partial charge in [-0.05, 0) is 73.3 Å². The van der Waals surface area contributed by atoms with Crippen molar-refractivity contribution < 1.29 is 19.1 Å². The van der Waals surface area contributed by atoms with Gasteiger partial charge in [-0.25, -0.2) is 0 Å². The summed E-state index contributed by atoms with van der Waals surface area (Å²) in [5.74, 6) is 1.79. The molecule has 28 heavy (non-hydrogen) atoms. The van der Waals surface area contributed by atoms with Gasteiger partial charge in [-0.2, -0.15) is 0 Å². The minimum Gasteiger partial charge on any atom is -0.458 e. The van der Waals surface area contributed by atoms with Crippen LogP contribution in [-0.2, 0) is 19.1 Å². The van der Waals surface area contributed by atoms with Gasteiger partial charge in [0, 0.05) is 18.3 Å². The van der Waals surface area contributed by atoms with E-state index in [1.54, 1.807) is 6.08 Å². The molecule has 0 aromatic carbocycles. The highest BCUT2D eigenvalue weighted by Crippen LogP contribution is 2.67. The molecule has 0 unspecified atom stereocenters. The summed E-state index contributed by atoms with van der Waals surface area (Å²) < 4.78 is 5.06. The van der Waals surface area contributed by atoms with E-state index in [1.807, 2.05) is 6.08 Å². The molecule has 0 aromatic heterocycles. The quantitative estimate of drug-likeness (QED) is 0.681. The van der Waals surface area contributed by atoms with E-state index in [0.29, 0.717) is 23.7 Å². The molecule has 7 atom stereocenters. The largest absolute Gasteiger partial charge is 0.458 e. The van der Waals surface area contributed by atoms with Crippen LogP contribution < -0.4 is 0 Å². The standard InChI is InChI=1S/C24H32O4/c1-14-11-20-18-6-5-16-12-17(26)7-9-23(16,3)19(18)8-10-24(20,4)22(14)21(27)13-28-15(2)25/h7,9,12,14,18-20,22H,5-6,8,10-11,13H2,1-4H3/t14-,18-,19+,20+,22-,23+,24+/m1/s1. The van der Waals surface area contributed by atoms with Crippen LogP contribution in [0.3, 0.4) is 0 Å². The zero-order valence-corrected chi connectivity index (χ0v) is 17.5. The summed E-state index contributed by atoms with van der Waals surface area (Å²) >= 11 is 0. The molecule has 4 aliphatic carbocycles. The minimum atomic E-state index is -0.387. The molecule has 3 fully saturated rings. The zero-order valence-electron chi connectivity index (χ0n) is 17.5. The van der Waals surface area contributed by atoms with E-state index in [2.05, 4.69) is 26.8 Å². The Bertz CT molecular complexity index is 777. The maximum absolute atomic E-state index is 13.0. The van der Waals surface area contributed by atoms with Crippen molar-refractivity contribution in [1.82, 2.24) is 0 Å². The average Bonchev–Trinajstić information content (AvgIpc) is 2.90. The SMILES string of the molecule is CC(=O)OCC(=O)[C@H]1[C@H](C)C[C@H]2[C@@H]3CCC4=CC(=O)C=C[C@]4(C)[C@H]3CC[C@@]21C. The van der Waals surface area contributed by atoms with E-state index in [0.717, 1.165) is 32.1 Å². The normalized spacial score (nSPS) is 44.2. The second-order valence-corrected chi connectivity index (χ2v) is 10.1. The molecule has 4 heteroatoms. The highest BCUT2D eigenvalue weighted by Gasteiger charge is 2.61. The molecule has 0 amide bonds. The molecule has 0 saturated heterocycles. The van der Waals surface area contributed by atoms with Crippen LogP contribution in [0.2, 0.25) is 0 Å².